The van der Waals surface area contributed by atoms with E-state index in [-0.39, 0.29) is 5.82 Å². The smallest absolute Gasteiger partial charge is 0.123 e. The third kappa shape index (κ3) is 4.35. The minimum atomic E-state index is -0.225. The van der Waals surface area contributed by atoms with Gasteiger partial charge in [0, 0.05) is 6.04 Å². The zero-order valence-corrected chi connectivity index (χ0v) is 10.3. The van der Waals surface area contributed by atoms with Gasteiger partial charge in [-0.3, -0.25) is 0 Å². The maximum Gasteiger partial charge on any atom is 0.123 e. The van der Waals surface area contributed by atoms with E-state index in [0.29, 0.717) is 12.6 Å². The second-order valence-electron chi connectivity index (χ2n) is 4.74. The first kappa shape index (κ1) is 12.4. The Morgan fingerprint density at radius 2 is 2.06 bits per heavy atom. The first-order chi connectivity index (χ1) is 8.25. The van der Waals surface area contributed by atoms with Crippen LogP contribution in [0.1, 0.15) is 26.2 Å². The Labute approximate surface area is 102 Å². The average molecular weight is 237 g/mol. The second kappa shape index (κ2) is 6.01. The van der Waals surface area contributed by atoms with E-state index < -0.39 is 0 Å². The van der Waals surface area contributed by atoms with Gasteiger partial charge in [-0.25, -0.2) is 4.39 Å². The molecule has 1 N–H and O–H groups in total. The van der Waals surface area contributed by atoms with Crippen molar-refractivity contribution in [2.75, 3.05) is 13.2 Å². The Morgan fingerprint density at radius 1 is 1.35 bits per heavy atom. The first-order valence-electron chi connectivity index (χ1n) is 6.37. The molecule has 1 aliphatic carbocycles. The molecule has 0 bridgehead atoms. The topological polar surface area (TPSA) is 21.3 Å². The number of ether oxygens (including phenoxy) is 1. The molecule has 1 saturated carbocycles. The first-order valence-corrected chi connectivity index (χ1v) is 6.37. The van der Waals surface area contributed by atoms with E-state index in [1.165, 1.54) is 25.0 Å². The van der Waals surface area contributed by atoms with Crippen molar-refractivity contribution in [3.8, 4) is 5.75 Å². The maximum atomic E-state index is 12.6. The molecule has 17 heavy (non-hydrogen) atoms. The van der Waals surface area contributed by atoms with E-state index in [2.05, 4.69) is 12.2 Å². The van der Waals surface area contributed by atoms with Crippen LogP contribution in [0.4, 0.5) is 4.39 Å². The van der Waals surface area contributed by atoms with Gasteiger partial charge in [-0.15, -0.1) is 0 Å². The minimum absolute atomic E-state index is 0.225. The van der Waals surface area contributed by atoms with Crippen LogP contribution < -0.4 is 10.1 Å². The molecule has 0 amide bonds. The van der Waals surface area contributed by atoms with Gasteiger partial charge in [-0.05, 0) is 62.9 Å². The van der Waals surface area contributed by atoms with E-state index in [1.54, 1.807) is 12.1 Å². The molecular weight excluding hydrogens is 217 g/mol. The molecule has 1 unspecified atom stereocenters. The Balaban J connectivity index is 1.55. The van der Waals surface area contributed by atoms with Gasteiger partial charge in [0.1, 0.15) is 11.6 Å². The van der Waals surface area contributed by atoms with Gasteiger partial charge in [-0.1, -0.05) is 0 Å². The number of halogens is 1. The predicted octanol–water partition coefficient (Wildman–Crippen LogP) is 2.98. The Kier molecular flexibility index (Phi) is 4.37. The molecule has 1 fully saturated rings. The van der Waals surface area contributed by atoms with Crippen molar-refractivity contribution < 1.29 is 9.13 Å². The molecule has 3 heteroatoms. The summed E-state index contributed by atoms with van der Waals surface area (Å²) in [6.45, 7) is 3.91. The number of hydrogen-bond acceptors (Lipinski definition) is 2. The summed E-state index contributed by atoms with van der Waals surface area (Å²) in [4.78, 5) is 0. The summed E-state index contributed by atoms with van der Waals surface area (Å²) < 4.78 is 18.1. The number of nitrogens with one attached hydrogen (secondary N) is 1. The zero-order chi connectivity index (χ0) is 12.1. The van der Waals surface area contributed by atoms with E-state index in [9.17, 15) is 4.39 Å². The second-order valence-corrected chi connectivity index (χ2v) is 4.74. The highest BCUT2D eigenvalue weighted by Crippen LogP contribution is 2.32. The normalized spacial score (nSPS) is 16.8. The van der Waals surface area contributed by atoms with Crippen molar-refractivity contribution in [2.45, 2.75) is 32.2 Å². The van der Waals surface area contributed by atoms with E-state index >= 15 is 0 Å². The summed E-state index contributed by atoms with van der Waals surface area (Å²) in [5.41, 5.74) is 0. The molecule has 0 radical (unpaired) electrons. The number of hydrogen-bond donors (Lipinski definition) is 1. The minimum Gasteiger partial charge on any atom is -0.494 e. The standard InChI is InChI=1S/C14H20FNO/c1-11(12-3-4-12)16-9-2-10-17-14-7-5-13(15)6-8-14/h5-8,11-12,16H,2-4,9-10H2,1H3. The molecule has 1 atom stereocenters. The molecule has 2 rings (SSSR count). The summed E-state index contributed by atoms with van der Waals surface area (Å²) in [7, 11) is 0. The molecule has 1 aliphatic rings. The molecular formula is C14H20FNO. The number of rotatable bonds is 7. The average Bonchev–Trinajstić information content (AvgIpc) is 3.15. The van der Waals surface area contributed by atoms with Crippen molar-refractivity contribution in [1.82, 2.24) is 5.32 Å². The lowest BCUT2D eigenvalue weighted by Crippen LogP contribution is -2.29. The van der Waals surface area contributed by atoms with Crippen molar-refractivity contribution in [3.63, 3.8) is 0 Å². The maximum absolute atomic E-state index is 12.6. The zero-order valence-electron chi connectivity index (χ0n) is 10.3. The van der Waals surface area contributed by atoms with Crippen LogP contribution in [0.3, 0.4) is 0 Å². The van der Waals surface area contributed by atoms with E-state index in [1.807, 2.05) is 0 Å². The molecule has 1 aromatic rings. The highest BCUT2D eigenvalue weighted by atomic mass is 19.1. The van der Waals surface area contributed by atoms with Gasteiger partial charge in [0.05, 0.1) is 6.61 Å². The summed E-state index contributed by atoms with van der Waals surface area (Å²) in [6, 6.07) is 6.80. The van der Waals surface area contributed by atoms with Gasteiger partial charge in [0.15, 0.2) is 0 Å². The van der Waals surface area contributed by atoms with Gasteiger partial charge >= 0.3 is 0 Å². The number of benzene rings is 1. The molecule has 0 spiro atoms. The van der Waals surface area contributed by atoms with Crippen LogP contribution in [0, 0.1) is 11.7 Å². The quantitative estimate of drug-likeness (QED) is 0.736. The van der Waals surface area contributed by atoms with Crippen LogP contribution in [0.15, 0.2) is 24.3 Å². The fourth-order valence-corrected chi connectivity index (χ4v) is 1.89. The third-order valence-electron chi connectivity index (χ3n) is 3.20. The molecule has 0 aliphatic heterocycles. The summed E-state index contributed by atoms with van der Waals surface area (Å²) >= 11 is 0. The van der Waals surface area contributed by atoms with Crippen molar-refractivity contribution in [2.24, 2.45) is 5.92 Å². The van der Waals surface area contributed by atoms with Crippen molar-refractivity contribution in [1.29, 1.82) is 0 Å². The van der Waals surface area contributed by atoms with Crippen LogP contribution in [-0.2, 0) is 0 Å². The van der Waals surface area contributed by atoms with E-state index in [4.69, 9.17) is 4.74 Å². The highest BCUT2D eigenvalue weighted by molar-refractivity contribution is 5.21. The Morgan fingerprint density at radius 3 is 2.71 bits per heavy atom. The third-order valence-corrected chi connectivity index (χ3v) is 3.20. The fraction of sp³-hybridized carbons (Fsp3) is 0.571. The summed E-state index contributed by atoms with van der Waals surface area (Å²) in [5, 5.41) is 3.50. The van der Waals surface area contributed by atoms with Crippen LogP contribution >= 0.6 is 0 Å². The predicted molar refractivity (Wildman–Crippen MR) is 66.7 cm³/mol. The van der Waals surface area contributed by atoms with Crippen LogP contribution in [-0.4, -0.2) is 19.2 Å². The SMILES string of the molecule is CC(NCCCOc1ccc(F)cc1)C1CC1. The monoisotopic (exact) mass is 237 g/mol. The van der Waals surface area contributed by atoms with Crippen molar-refractivity contribution in [3.05, 3.63) is 30.1 Å². The van der Waals surface area contributed by atoms with Gasteiger partial charge in [0.25, 0.3) is 0 Å². The lowest BCUT2D eigenvalue weighted by Gasteiger charge is -2.12. The lowest BCUT2D eigenvalue weighted by atomic mass is 10.2. The van der Waals surface area contributed by atoms with Crippen LogP contribution in [0.5, 0.6) is 5.75 Å². The fourth-order valence-electron chi connectivity index (χ4n) is 1.89. The molecule has 94 valence electrons. The summed E-state index contributed by atoms with van der Waals surface area (Å²) in [5.74, 6) is 1.41. The molecule has 0 aromatic heterocycles. The lowest BCUT2D eigenvalue weighted by molar-refractivity contribution is 0.303. The molecule has 0 heterocycles. The van der Waals surface area contributed by atoms with Gasteiger partial charge in [-0.2, -0.15) is 0 Å². The molecule has 0 saturated heterocycles. The van der Waals surface area contributed by atoms with Crippen molar-refractivity contribution >= 4 is 0 Å². The highest BCUT2D eigenvalue weighted by Gasteiger charge is 2.26. The van der Waals surface area contributed by atoms with Crippen LogP contribution in [0.25, 0.3) is 0 Å². The Hall–Kier alpha value is -1.09. The Bertz CT molecular complexity index is 335. The van der Waals surface area contributed by atoms with Gasteiger partial charge < -0.3 is 10.1 Å². The van der Waals surface area contributed by atoms with Crippen LogP contribution in [0.2, 0.25) is 0 Å². The van der Waals surface area contributed by atoms with E-state index in [0.717, 1.165) is 24.6 Å². The largest absolute Gasteiger partial charge is 0.494 e. The molecule has 1 aromatic carbocycles. The van der Waals surface area contributed by atoms with Gasteiger partial charge in [0.2, 0.25) is 0 Å². The molecule has 2 nitrogen and oxygen atoms in total. The summed E-state index contributed by atoms with van der Waals surface area (Å²) in [6.07, 6.45) is 3.73.